The Kier molecular flexibility index (Phi) is 7.08. The first-order chi connectivity index (χ1) is 18.1. The SMILES string of the molecule is CC(=O)SCCc1ccccc1Cn1nnc2c(N3CCC(F)(F)C3)nc(C(F)(F)c3ccccc3)nc21. The second-order valence-electron chi connectivity index (χ2n) is 9.12. The maximum absolute atomic E-state index is 15.6. The summed E-state index contributed by atoms with van der Waals surface area (Å²) >= 11 is 1.22. The van der Waals surface area contributed by atoms with Crippen LogP contribution in [0.2, 0.25) is 0 Å². The molecule has 0 atom stereocenters. The van der Waals surface area contributed by atoms with Crippen LogP contribution in [0.4, 0.5) is 23.4 Å². The minimum Gasteiger partial charge on any atom is -0.348 e. The molecule has 3 heterocycles. The molecule has 2 aromatic heterocycles. The van der Waals surface area contributed by atoms with Gasteiger partial charge in [-0.15, -0.1) is 5.10 Å². The molecule has 0 N–H and O–H groups in total. The minimum atomic E-state index is -3.58. The number of hydrogen-bond acceptors (Lipinski definition) is 7. The van der Waals surface area contributed by atoms with Gasteiger partial charge in [-0.1, -0.05) is 71.6 Å². The Morgan fingerprint density at radius 2 is 1.76 bits per heavy atom. The zero-order valence-corrected chi connectivity index (χ0v) is 21.3. The van der Waals surface area contributed by atoms with E-state index < -0.39 is 30.6 Å². The summed E-state index contributed by atoms with van der Waals surface area (Å²) in [5.74, 6) is -6.85. The van der Waals surface area contributed by atoms with E-state index in [1.54, 1.807) is 6.07 Å². The number of anilines is 1. The van der Waals surface area contributed by atoms with E-state index in [0.717, 1.165) is 11.1 Å². The van der Waals surface area contributed by atoms with Crippen LogP contribution in [0.3, 0.4) is 0 Å². The van der Waals surface area contributed by atoms with Gasteiger partial charge in [-0.2, -0.15) is 8.78 Å². The molecular formula is C26H24F4N6OS. The number of thioether (sulfide) groups is 1. The number of carbonyl (C=O) groups excluding carboxylic acids is 1. The lowest BCUT2D eigenvalue weighted by atomic mass is 10.1. The molecule has 1 fully saturated rings. The van der Waals surface area contributed by atoms with Crippen LogP contribution in [0, 0.1) is 0 Å². The van der Waals surface area contributed by atoms with Gasteiger partial charge < -0.3 is 4.90 Å². The second kappa shape index (κ2) is 10.3. The van der Waals surface area contributed by atoms with E-state index in [1.807, 2.05) is 24.3 Å². The molecule has 7 nitrogen and oxygen atoms in total. The predicted molar refractivity (Wildman–Crippen MR) is 137 cm³/mol. The quantitative estimate of drug-likeness (QED) is 0.287. The van der Waals surface area contributed by atoms with E-state index in [-0.39, 0.29) is 40.7 Å². The van der Waals surface area contributed by atoms with Crippen molar-refractivity contribution in [3.8, 4) is 0 Å². The van der Waals surface area contributed by atoms with Crippen LogP contribution < -0.4 is 4.90 Å². The molecule has 0 aliphatic carbocycles. The van der Waals surface area contributed by atoms with Crippen molar-refractivity contribution in [2.24, 2.45) is 0 Å². The van der Waals surface area contributed by atoms with E-state index in [2.05, 4.69) is 20.3 Å². The molecule has 0 spiro atoms. The number of aromatic nitrogens is 5. The van der Waals surface area contributed by atoms with Gasteiger partial charge in [0.15, 0.2) is 22.1 Å². The average Bonchev–Trinajstić information content (AvgIpc) is 3.47. The third-order valence-corrected chi connectivity index (χ3v) is 7.16. The van der Waals surface area contributed by atoms with Gasteiger partial charge in [0, 0.05) is 31.2 Å². The largest absolute Gasteiger partial charge is 0.348 e. The molecule has 0 unspecified atom stereocenters. The zero-order valence-electron chi connectivity index (χ0n) is 20.5. The van der Waals surface area contributed by atoms with Crippen LogP contribution in [0.15, 0.2) is 54.6 Å². The number of benzene rings is 2. The summed E-state index contributed by atoms with van der Waals surface area (Å²) in [6.45, 7) is 0.965. The van der Waals surface area contributed by atoms with E-state index in [1.165, 1.54) is 52.5 Å². The summed E-state index contributed by atoms with van der Waals surface area (Å²) in [5, 5.41) is 8.30. The van der Waals surface area contributed by atoms with Gasteiger partial charge in [-0.05, 0) is 17.5 Å². The average molecular weight is 545 g/mol. The molecule has 0 bridgehead atoms. The smallest absolute Gasteiger partial charge is 0.331 e. The lowest BCUT2D eigenvalue weighted by Gasteiger charge is -2.21. The van der Waals surface area contributed by atoms with Crippen molar-refractivity contribution >= 4 is 33.9 Å². The van der Waals surface area contributed by atoms with E-state index in [0.29, 0.717) is 12.2 Å². The molecule has 38 heavy (non-hydrogen) atoms. The number of alkyl halides is 4. The molecule has 12 heteroatoms. The first-order valence-corrected chi connectivity index (χ1v) is 13.0. The number of nitrogens with zero attached hydrogens (tertiary/aromatic N) is 6. The molecule has 1 aliphatic heterocycles. The van der Waals surface area contributed by atoms with Crippen LogP contribution in [0.25, 0.3) is 11.2 Å². The monoisotopic (exact) mass is 544 g/mol. The molecule has 0 amide bonds. The van der Waals surface area contributed by atoms with Crippen LogP contribution in [-0.4, -0.2) is 54.8 Å². The summed E-state index contributed by atoms with van der Waals surface area (Å²) in [5.41, 5.74) is 1.62. The van der Waals surface area contributed by atoms with Crippen molar-refractivity contribution in [2.75, 3.05) is 23.7 Å². The maximum Gasteiger partial charge on any atom is 0.331 e. The molecule has 1 saturated heterocycles. The molecule has 0 radical (unpaired) electrons. The van der Waals surface area contributed by atoms with Gasteiger partial charge in [0.1, 0.15) is 0 Å². The Hall–Kier alpha value is -3.54. The van der Waals surface area contributed by atoms with Crippen LogP contribution in [0.5, 0.6) is 0 Å². The Balaban J connectivity index is 1.58. The van der Waals surface area contributed by atoms with Crippen molar-refractivity contribution in [3.63, 3.8) is 0 Å². The van der Waals surface area contributed by atoms with Crippen molar-refractivity contribution in [1.29, 1.82) is 0 Å². The highest BCUT2D eigenvalue weighted by Gasteiger charge is 2.43. The highest BCUT2D eigenvalue weighted by atomic mass is 32.2. The fourth-order valence-corrected chi connectivity index (χ4v) is 5.03. The third-order valence-electron chi connectivity index (χ3n) is 6.35. The molecule has 2 aromatic carbocycles. The summed E-state index contributed by atoms with van der Waals surface area (Å²) in [6, 6.07) is 14.6. The topological polar surface area (TPSA) is 76.8 Å². The van der Waals surface area contributed by atoms with E-state index in [4.69, 9.17) is 0 Å². The Morgan fingerprint density at radius 3 is 2.45 bits per heavy atom. The van der Waals surface area contributed by atoms with Gasteiger partial charge in [-0.3, -0.25) is 4.79 Å². The van der Waals surface area contributed by atoms with Gasteiger partial charge in [-0.25, -0.2) is 23.4 Å². The highest BCUT2D eigenvalue weighted by molar-refractivity contribution is 8.13. The summed E-state index contributed by atoms with van der Waals surface area (Å²) in [6.07, 6.45) is 0.205. The molecular weight excluding hydrogens is 520 g/mol. The standard InChI is InChI=1S/C26H24F4N6OS/c1-17(37)38-14-11-18-7-5-6-8-19(18)15-36-23-21(33-34-36)22(35-13-12-25(27,28)16-35)31-24(32-23)26(29,30)20-9-3-2-4-10-20/h2-10H,11-16H2,1H3. The number of hydrogen-bond donors (Lipinski definition) is 0. The predicted octanol–water partition coefficient (Wildman–Crippen LogP) is 5.08. The van der Waals surface area contributed by atoms with Gasteiger partial charge in [0.25, 0.3) is 5.92 Å². The van der Waals surface area contributed by atoms with Crippen molar-refractivity contribution in [3.05, 3.63) is 77.1 Å². The maximum atomic E-state index is 15.6. The lowest BCUT2D eigenvalue weighted by Crippen LogP contribution is -2.28. The summed E-state index contributed by atoms with van der Waals surface area (Å²) in [4.78, 5) is 20.8. The lowest BCUT2D eigenvalue weighted by molar-refractivity contribution is -0.109. The number of rotatable bonds is 8. The third kappa shape index (κ3) is 5.35. The van der Waals surface area contributed by atoms with Gasteiger partial charge in [0.2, 0.25) is 5.82 Å². The minimum absolute atomic E-state index is 0.0216. The number of fused-ring (bicyclic) bond motifs is 1. The van der Waals surface area contributed by atoms with E-state index in [9.17, 15) is 13.6 Å². The molecule has 4 aromatic rings. The van der Waals surface area contributed by atoms with Gasteiger partial charge in [0.05, 0.1) is 13.1 Å². The number of aryl methyl sites for hydroxylation is 1. The van der Waals surface area contributed by atoms with Crippen molar-refractivity contribution < 1.29 is 22.4 Å². The zero-order chi connectivity index (χ0) is 26.9. The molecule has 198 valence electrons. The first-order valence-electron chi connectivity index (χ1n) is 12.0. The summed E-state index contributed by atoms with van der Waals surface area (Å²) in [7, 11) is 0. The Morgan fingerprint density at radius 1 is 1.05 bits per heavy atom. The van der Waals surface area contributed by atoms with Crippen molar-refractivity contribution in [2.45, 2.75) is 38.2 Å². The highest BCUT2D eigenvalue weighted by Crippen LogP contribution is 2.38. The second-order valence-corrected chi connectivity index (χ2v) is 10.4. The number of carbonyl (C=O) groups is 1. The van der Waals surface area contributed by atoms with Gasteiger partial charge >= 0.3 is 5.92 Å². The Labute approximate surface area is 220 Å². The molecule has 5 rings (SSSR count). The van der Waals surface area contributed by atoms with Crippen LogP contribution in [0.1, 0.15) is 35.9 Å². The first kappa shape index (κ1) is 26.1. The van der Waals surface area contributed by atoms with Crippen LogP contribution in [-0.2, 0) is 23.7 Å². The van der Waals surface area contributed by atoms with Crippen molar-refractivity contribution in [1.82, 2.24) is 25.0 Å². The summed E-state index contributed by atoms with van der Waals surface area (Å²) < 4.78 is 60.7. The normalized spacial score (nSPS) is 15.3. The van der Waals surface area contributed by atoms with E-state index >= 15 is 8.78 Å². The molecule has 1 aliphatic rings. The molecule has 0 saturated carbocycles. The van der Waals surface area contributed by atoms with Crippen LogP contribution >= 0.6 is 11.8 Å². The number of halogens is 4. The fourth-order valence-electron chi connectivity index (χ4n) is 4.42. The Bertz CT molecular complexity index is 1460. The fraction of sp³-hybridized carbons (Fsp3) is 0.346.